The van der Waals surface area contributed by atoms with Gasteiger partial charge < -0.3 is 10.2 Å². The predicted octanol–water partition coefficient (Wildman–Crippen LogP) is 1.71. The van der Waals surface area contributed by atoms with Crippen LogP contribution in [0.4, 0.5) is 5.69 Å². The molecule has 1 aromatic heterocycles. The van der Waals surface area contributed by atoms with E-state index in [0.29, 0.717) is 18.5 Å². The van der Waals surface area contributed by atoms with Crippen molar-refractivity contribution in [1.82, 2.24) is 19.7 Å². The maximum absolute atomic E-state index is 12.6. The second kappa shape index (κ2) is 7.58. The van der Waals surface area contributed by atoms with Gasteiger partial charge in [0.05, 0.1) is 0 Å². The number of hydrogen-bond acceptors (Lipinski definition) is 4. The van der Waals surface area contributed by atoms with Crippen LogP contribution in [0.3, 0.4) is 0 Å². The van der Waals surface area contributed by atoms with Gasteiger partial charge >= 0.3 is 5.69 Å². The number of aryl methyl sites for hydroxylation is 2. The van der Waals surface area contributed by atoms with E-state index in [9.17, 15) is 9.59 Å². The van der Waals surface area contributed by atoms with E-state index in [4.69, 9.17) is 0 Å². The molecule has 1 fully saturated rings. The lowest BCUT2D eigenvalue weighted by molar-refractivity contribution is 0.0933. The van der Waals surface area contributed by atoms with Crippen molar-refractivity contribution >= 4 is 11.6 Å². The minimum Gasteiger partial charge on any atom is -0.372 e. The first-order chi connectivity index (χ1) is 13.1. The molecule has 1 atom stereocenters. The van der Waals surface area contributed by atoms with E-state index in [1.807, 2.05) is 24.3 Å². The highest BCUT2D eigenvalue weighted by atomic mass is 16.2. The van der Waals surface area contributed by atoms with Crippen molar-refractivity contribution < 1.29 is 4.79 Å². The molecule has 3 heterocycles. The van der Waals surface area contributed by atoms with E-state index in [1.165, 1.54) is 29.6 Å². The molecule has 1 N–H and O–H groups in total. The van der Waals surface area contributed by atoms with E-state index in [2.05, 4.69) is 15.3 Å². The fourth-order valence-corrected chi connectivity index (χ4v) is 4.09. The molecule has 2 aliphatic rings. The van der Waals surface area contributed by atoms with Crippen LogP contribution in [0.1, 0.15) is 48.3 Å². The summed E-state index contributed by atoms with van der Waals surface area (Å²) < 4.78 is 3.11. The Bertz CT molecular complexity index is 861. The summed E-state index contributed by atoms with van der Waals surface area (Å²) in [6, 6.07) is 7.98. The zero-order chi connectivity index (χ0) is 18.8. The summed E-state index contributed by atoms with van der Waals surface area (Å²) in [6.45, 7) is 2.80. The number of nitrogens with zero attached hydrogens (tertiary/aromatic N) is 4. The van der Waals surface area contributed by atoms with Crippen LogP contribution in [0.2, 0.25) is 0 Å². The minimum absolute atomic E-state index is 0.0439. The van der Waals surface area contributed by atoms with Crippen molar-refractivity contribution in [1.29, 1.82) is 0 Å². The number of carbonyl (C=O) groups excluding carboxylic acids is 1. The molecule has 0 radical (unpaired) electrons. The van der Waals surface area contributed by atoms with Crippen molar-refractivity contribution in [2.45, 2.75) is 51.1 Å². The molecule has 2 aliphatic heterocycles. The molecule has 0 aliphatic carbocycles. The molecule has 0 spiro atoms. The van der Waals surface area contributed by atoms with Gasteiger partial charge in [-0.05, 0) is 56.4 Å². The molecular formula is C20H27N5O2. The van der Waals surface area contributed by atoms with Crippen LogP contribution < -0.4 is 15.9 Å². The number of fused-ring (bicyclic) bond motifs is 1. The number of anilines is 1. The van der Waals surface area contributed by atoms with Gasteiger partial charge in [-0.3, -0.25) is 9.36 Å². The largest absolute Gasteiger partial charge is 0.372 e. The molecule has 0 saturated carbocycles. The summed E-state index contributed by atoms with van der Waals surface area (Å²) in [5.41, 5.74) is 1.81. The second-order valence-corrected chi connectivity index (χ2v) is 7.57. The van der Waals surface area contributed by atoms with Gasteiger partial charge in [0.25, 0.3) is 5.91 Å². The van der Waals surface area contributed by atoms with Gasteiger partial charge in [-0.15, -0.1) is 0 Å². The van der Waals surface area contributed by atoms with Crippen LogP contribution >= 0.6 is 0 Å². The standard InChI is InChI=1S/C20H27N5O2/c1-23-20(27)25-14-11-16(7-10-18(25)22-23)21-19(26)15-5-8-17(9-6-15)24-12-3-2-4-13-24/h5-6,8-9,16H,2-4,7,10-14H2,1H3,(H,21,26). The van der Waals surface area contributed by atoms with Gasteiger partial charge in [0.15, 0.2) is 0 Å². The number of amides is 1. The van der Waals surface area contributed by atoms with Crippen LogP contribution in [0, 0.1) is 0 Å². The van der Waals surface area contributed by atoms with Crippen LogP contribution in [-0.4, -0.2) is 39.4 Å². The summed E-state index contributed by atoms with van der Waals surface area (Å²) in [6.07, 6.45) is 6.04. The predicted molar refractivity (Wildman–Crippen MR) is 104 cm³/mol. The highest BCUT2D eigenvalue weighted by Gasteiger charge is 2.22. The third kappa shape index (κ3) is 3.77. The number of hydrogen-bond donors (Lipinski definition) is 1. The second-order valence-electron chi connectivity index (χ2n) is 7.57. The number of benzene rings is 1. The molecule has 4 rings (SSSR count). The van der Waals surface area contributed by atoms with Crippen molar-refractivity contribution in [2.75, 3.05) is 18.0 Å². The molecule has 7 heteroatoms. The van der Waals surface area contributed by atoms with Gasteiger partial charge in [0.1, 0.15) is 5.82 Å². The lowest BCUT2D eigenvalue weighted by Crippen LogP contribution is -2.35. The first kappa shape index (κ1) is 17.8. The SMILES string of the molecule is Cn1nc2n(c1=O)CCC(NC(=O)c1ccc(N3CCCCC3)cc1)CC2. The Labute approximate surface area is 159 Å². The fraction of sp³-hybridized carbons (Fsp3) is 0.550. The summed E-state index contributed by atoms with van der Waals surface area (Å²) >= 11 is 0. The van der Waals surface area contributed by atoms with Crippen LogP contribution in [0.5, 0.6) is 0 Å². The van der Waals surface area contributed by atoms with Crippen LogP contribution in [0.25, 0.3) is 0 Å². The minimum atomic E-state index is -0.0784. The average molecular weight is 369 g/mol. The Hall–Kier alpha value is -2.57. The van der Waals surface area contributed by atoms with E-state index in [0.717, 1.165) is 31.8 Å². The Morgan fingerprint density at radius 2 is 1.81 bits per heavy atom. The Morgan fingerprint density at radius 3 is 2.56 bits per heavy atom. The highest BCUT2D eigenvalue weighted by Crippen LogP contribution is 2.20. The first-order valence-electron chi connectivity index (χ1n) is 9.90. The molecule has 1 amide bonds. The van der Waals surface area contributed by atoms with Crippen LogP contribution in [0.15, 0.2) is 29.1 Å². The Balaban J connectivity index is 1.37. The summed E-state index contributed by atoms with van der Waals surface area (Å²) in [5, 5.41) is 7.42. The lowest BCUT2D eigenvalue weighted by Gasteiger charge is -2.28. The zero-order valence-corrected chi connectivity index (χ0v) is 15.9. The third-order valence-electron chi connectivity index (χ3n) is 5.69. The number of carbonyl (C=O) groups is 1. The number of piperidine rings is 1. The summed E-state index contributed by atoms with van der Waals surface area (Å²) in [5.74, 6) is 0.766. The van der Waals surface area contributed by atoms with Crippen molar-refractivity contribution in [3.8, 4) is 0 Å². The van der Waals surface area contributed by atoms with E-state index in [1.54, 1.807) is 11.6 Å². The van der Waals surface area contributed by atoms with E-state index >= 15 is 0 Å². The average Bonchev–Trinajstić information content (AvgIpc) is 2.85. The van der Waals surface area contributed by atoms with E-state index in [-0.39, 0.29) is 17.6 Å². The molecule has 1 aromatic carbocycles. The fourth-order valence-electron chi connectivity index (χ4n) is 4.09. The Morgan fingerprint density at radius 1 is 1.07 bits per heavy atom. The molecular weight excluding hydrogens is 342 g/mol. The molecule has 27 heavy (non-hydrogen) atoms. The van der Waals surface area contributed by atoms with Crippen molar-refractivity contribution in [2.24, 2.45) is 7.05 Å². The molecule has 7 nitrogen and oxygen atoms in total. The maximum Gasteiger partial charge on any atom is 0.345 e. The van der Waals surface area contributed by atoms with E-state index < -0.39 is 0 Å². The van der Waals surface area contributed by atoms with Crippen molar-refractivity contribution in [3.63, 3.8) is 0 Å². The third-order valence-corrected chi connectivity index (χ3v) is 5.69. The quantitative estimate of drug-likeness (QED) is 0.894. The Kier molecular flexibility index (Phi) is 5.01. The van der Waals surface area contributed by atoms with Gasteiger partial charge in [-0.2, -0.15) is 5.10 Å². The zero-order valence-electron chi connectivity index (χ0n) is 15.9. The molecule has 144 valence electrons. The lowest BCUT2D eigenvalue weighted by atomic mass is 10.1. The first-order valence-corrected chi connectivity index (χ1v) is 9.90. The van der Waals surface area contributed by atoms with Crippen LogP contribution in [-0.2, 0) is 20.0 Å². The molecule has 1 saturated heterocycles. The maximum atomic E-state index is 12.6. The normalized spacial score (nSPS) is 20.0. The smallest absolute Gasteiger partial charge is 0.345 e. The highest BCUT2D eigenvalue weighted by molar-refractivity contribution is 5.94. The van der Waals surface area contributed by atoms with Gasteiger partial charge in [-0.1, -0.05) is 0 Å². The summed E-state index contributed by atoms with van der Waals surface area (Å²) in [7, 11) is 1.68. The topological polar surface area (TPSA) is 72.2 Å². The summed E-state index contributed by atoms with van der Waals surface area (Å²) in [4.78, 5) is 27.1. The van der Waals surface area contributed by atoms with Gasteiger partial charge in [-0.25, -0.2) is 9.48 Å². The molecule has 1 unspecified atom stereocenters. The molecule has 0 bridgehead atoms. The number of aromatic nitrogens is 3. The number of rotatable bonds is 3. The van der Waals surface area contributed by atoms with Gasteiger partial charge in [0.2, 0.25) is 0 Å². The van der Waals surface area contributed by atoms with Gasteiger partial charge in [0, 0.05) is 50.4 Å². The van der Waals surface area contributed by atoms with Crippen molar-refractivity contribution in [3.05, 3.63) is 46.1 Å². The monoisotopic (exact) mass is 369 g/mol. The number of nitrogens with one attached hydrogen (secondary N) is 1. The molecule has 2 aromatic rings.